The second-order valence-corrected chi connectivity index (χ2v) is 4.22. The Morgan fingerprint density at radius 3 is 2.00 bits per heavy atom. The van der Waals surface area contributed by atoms with E-state index in [0.717, 1.165) is 6.32 Å². The van der Waals surface area contributed by atoms with Gasteiger partial charge in [-0.1, -0.05) is 45.4 Å². The van der Waals surface area contributed by atoms with Gasteiger partial charge in [0.25, 0.3) is 0 Å². The van der Waals surface area contributed by atoms with Crippen LogP contribution in [0, 0.1) is 0 Å². The smallest absolute Gasteiger partial charge is 0.172 e. The molecule has 3 heteroatoms. The Bertz CT molecular complexity index is 76.5. The fourth-order valence-corrected chi connectivity index (χ4v) is 1.39. The monoisotopic (exact) mass is 194 g/mol. The Labute approximate surface area is 80.6 Å². The molecule has 0 aromatic heterocycles. The average molecular weight is 195 g/mol. The fourth-order valence-electron chi connectivity index (χ4n) is 1.08. The first-order valence-corrected chi connectivity index (χ1v) is 5.42. The van der Waals surface area contributed by atoms with Crippen LogP contribution in [0.1, 0.15) is 45.4 Å². The van der Waals surface area contributed by atoms with E-state index in [-0.39, 0.29) is 5.54 Å². The predicted molar refractivity (Wildman–Crippen MR) is 55.6 cm³/mol. The molecule has 0 bridgehead atoms. The molecule has 0 aromatic rings. The third kappa shape index (κ3) is 10.6. The van der Waals surface area contributed by atoms with Crippen molar-refractivity contribution >= 4 is 28.5 Å². The summed E-state index contributed by atoms with van der Waals surface area (Å²) in [5.41, 5.74) is -0.152. The summed E-state index contributed by atoms with van der Waals surface area (Å²) in [5, 5.41) is 0. The zero-order valence-corrected chi connectivity index (χ0v) is 8.79. The molecule has 0 saturated heterocycles. The van der Waals surface area contributed by atoms with Crippen LogP contribution < -0.4 is 0 Å². The third-order valence-corrected chi connectivity index (χ3v) is 2.21. The molecule has 0 atom stereocenters. The summed E-state index contributed by atoms with van der Waals surface area (Å²) in [6, 6.07) is 0. The molecule has 0 rings (SSSR count). The first-order chi connectivity index (χ1) is 5.27. The number of halogens is 2. The highest BCUT2D eigenvalue weighted by Gasteiger charge is 2.03. The van der Waals surface area contributed by atoms with Gasteiger partial charge in [0.05, 0.1) is 0 Å². The third-order valence-electron chi connectivity index (χ3n) is 1.78. The Hall–Kier alpha value is 0.645. The highest BCUT2D eigenvalue weighted by atomic mass is 35.5. The van der Waals surface area contributed by atoms with Crippen molar-refractivity contribution in [3.63, 3.8) is 0 Å². The van der Waals surface area contributed by atoms with Crippen LogP contribution >= 0.6 is 22.9 Å². The van der Waals surface area contributed by atoms with Crippen molar-refractivity contribution in [1.82, 2.24) is 0 Å². The van der Waals surface area contributed by atoms with Gasteiger partial charge in [-0.05, 0) is 6.32 Å². The van der Waals surface area contributed by atoms with E-state index >= 15 is 0 Å². The summed E-state index contributed by atoms with van der Waals surface area (Å²) in [6.45, 7) is 2.23. The maximum atomic E-state index is 5.58. The maximum absolute atomic E-state index is 5.58. The largest absolute Gasteiger partial charge is 0.351 e. The molecule has 0 heterocycles. The van der Waals surface area contributed by atoms with Crippen molar-refractivity contribution < 1.29 is 0 Å². The van der Waals surface area contributed by atoms with E-state index in [1.807, 2.05) is 0 Å². The minimum atomic E-state index is -0.152. The lowest BCUT2D eigenvalue weighted by Gasteiger charge is -1.98. The SMILES string of the molecule is CCCCCCCCB(Cl)Cl. The molecule has 0 fully saturated rings. The van der Waals surface area contributed by atoms with E-state index < -0.39 is 0 Å². The Morgan fingerprint density at radius 2 is 1.45 bits per heavy atom. The van der Waals surface area contributed by atoms with Crippen molar-refractivity contribution in [2.24, 2.45) is 0 Å². The molecular weight excluding hydrogens is 178 g/mol. The van der Waals surface area contributed by atoms with E-state index in [0.29, 0.717) is 0 Å². The second kappa shape index (κ2) is 8.74. The van der Waals surface area contributed by atoms with Crippen molar-refractivity contribution in [2.45, 2.75) is 51.8 Å². The summed E-state index contributed by atoms with van der Waals surface area (Å²) < 4.78 is 0. The van der Waals surface area contributed by atoms with Crippen LogP contribution in [-0.2, 0) is 0 Å². The predicted octanol–water partition coefficient (Wildman–Crippen LogP) is 4.31. The Balaban J connectivity index is 2.80. The minimum absolute atomic E-state index is 0.152. The van der Waals surface area contributed by atoms with Gasteiger partial charge < -0.3 is 0 Å². The lowest BCUT2D eigenvalue weighted by molar-refractivity contribution is 0.624. The van der Waals surface area contributed by atoms with Crippen LogP contribution in [0.2, 0.25) is 6.32 Å². The molecule has 0 radical (unpaired) electrons. The van der Waals surface area contributed by atoms with Crippen molar-refractivity contribution in [3.05, 3.63) is 0 Å². The van der Waals surface area contributed by atoms with Crippen molar-refractivity contribution in [1.29, 1.82) is 0 Å². The van der Waals surface area contributed by atoms with Crippen LogP contribution in [0.3, 0.4) is 0 Å². The normalized spacial score (nSPS) is 10.1. The summed E-state index contributed by atoms with van der Waals surface area (Å²) in [6.07, 6.45) is 8.81. The van der Waals surface area contributed by atoms with Gasteiger partial charge >= 0.3 is 5.54 Å². The zero-order chi connectivity index (χ0) is 8.53. The lowest BCUT2D eigenvalue weighted by Crippen LogP contribution is -1.90. The van der Waals surface area contributed by atoms with E-state index in [1.165, 1.54) is 38.5 Å². The van der Waals surface area contributed by atoms with E-state index in [4.69, 9.17) is 22.9 Å². The van der Waals surface area contributed by atoms with Gasteiger partial charge in [0.1, 0.15) is 0 Å². The van der Waals surface area contributed by atoms with Crippen LogP contribution in [0.15, 0.2) is 0 Å². The van der Waals surface area contributed by atoms with Gasteiger partial charge in [0, 0.05) is 0 Å². The molecule has 0 aromatic carbocycles. The molecule has 0 aliphatic heterocycles. The first kappa shape index (κ1) is 11.6. The highest BCUT2D eigenvalue weighted by molar-refractivity contribution is 7.33. The van der Waals surface area contributed by atoms with Gasteiger partial charge in [0.2, 0.25) is 0 Å². The van der Waals surface area contributed by atoms with Gasteiger partial charge in [-0.2, -0.15) is 22.9 Å². The van der Waals surface area contributed by atoms with Crippen molar-refractivity contribution in [2.75, 3.05) is 0 Å². The number of hydrogen-bond acceptors (Lipinski definition) is 0. The molecule has 0 nitrogen and oxygen atoms in total. The zero-order valence-electron chi connectivity index (χ0n) is 7.28. The van der Waals surface area contributed by atoms with Crippen LogP contribution in [0.25, 0.3) is 0 Å². The molecule has 11 heavy (non-hydrogen) atoms. The molecule has 0 aliphatic carbocycles. The molecule has 0 aliphatic rings. The van der Waals surface area contributed by atoms with Gasteiger partial charge in [0.15, 0.2) is 0 Å². The molecule has 0 amide bonds. The van der Waals surface area contributed by atoms with Crippen LogP contribution in [0.4, 0.5) is 0 Å². The lowest BCUT2D eigenvalue weighted by atomic mass is 9.95. The van der Waals surface area contributed by atoms with Gasteiger partial charge in [-0.3, -0.25) is 0 Å². The van der Waals surface area contributed by atoms with E-state index in [1.54, 1.807) is 0 Å². The van der Waals surface area contributed by atoms with E-state index in [9.17, 15) is 0 Å². The first-order valence-electron chi connectivity index (χ1n) is 4.55. The fraction of sp³-hybridized carbons (Fsp3) is 1.00. The Morgan fingerprint density at radius 1 is 0.909 bits per heavy atom. The molecule has 66 valence electrons. The Kier molecular flexibility index (Phi) is 9.25. The highest BCUT2D eigenvalue weighted by Crippen LogP contribution is 2.12. The molecule has 0 spiro atoms. The standard InChI is InChI=1S/C8H17BCl2/c1-2-3-4-5-6-7-8-9(10)11/h2-8H2,1H3. The number of rotatable bonds is 7. The van der Waals surface area contributed by atoms with Crippen LogP contribution in [0.5, 0.6) is 0 Å². The number of hydrogen-bond donors (Lipinski definition) is 0. The quantitative estimate of drug-likeness (QED) is 0.419. The van der Waals surface area contributed by atoms with E-state index in [2.05, 4.69) is 6.92 Å². The molecule has 0 N–H and O–H groups in total. The topological polar surface area (TPSA) is 0 Å². The van der Waals surface area contributed by atoms with Gasteiger partial charge in [-0.25, -0.2) is 0 Å². The summed E-state index contributed by atoms with van der Waals surface area (Å²) in [7, 11) is 0. The number of unbranched alkanes of at least 4 members (excludes halogenated alkanes) is 5. The summed E-state index contributed by atoms with van der Waals surface area (Å²) in [5.74, 6) is 0. The minimum Gasteiger partial charge on any atom is -0.172 e. The van der Waals surface area contributed by atoms with Gasteiger partial charge in [-0.15, -0.1) is 0 Å². The van der Waals surface area contributed by atoms with Crippen molar-refractivity contribution in [3.8, 4) is 0 Å². The molecular formula is C8H17BCl2. The molecule has 0 saturated carbocycles. The second-order valence-electron chi connectivity index (χ2n) is 2.95. The summed E-state index contributed by atoms with van der Waals surface area (Å²) >= 11 is 11.2. The molecule has 0 unspecified atom stereocenters. The summed E-state index contributed by atoms with van der Waals surface area (Å²) in [4.78, 5) is 0. The average Bonchev–Trinajstić information content (AvgIpc) is 1.96. The van der Waals surface area contributed by atoms with Crippen LogP contribution in [-0.4, -0.2) is 5.54 Å². The maximum Gasteiger partial charge on any atom is 0.351 e.